The molecule has 0 aliphatic carbocycles. The second kappa shape index (κ2) is 15.3. The van der Waals surface area contributed by atoms with Crippen LogP contribution in [-0.2, 0) is 4.84 Å². The average Bonchev–Trinajstić information content (AvgIpc) is 2.65. The monoisotopic (exact) mass is 446 g/mol. The number of primary amides is 1. The molecule has 0 aromatic heterocycles. The Labute approximate surface area is 169 Å². The normalized spacial score (nSPS) is 12.3. The molecule has 0 bridgehead atoms. The topological polar surface area (TPSA) is 111 Å². The summed E-state index contributed by atoms with van der Waals surface area (Å²) >= 11 is 3.59. The Kier molecular flexibility index (Phi) is 14.3. The van der Waals surface area contributed by atoms with Crippen LogP contribution in [0.5, 0.6) is 5.75 Å². The Morgan fingerprint density at radius 2 is 1.93 bits per heavy atom. The lowest BCUT2D eigenvalue weighted by Gasteiger charge is -2.22. The summed E-state index contributed by atoms with van der Waals surface area (Å²) in [6, 6.07) is 6.98. The molecule has 0 radical (unpaired) electrons. The van der Waals surface area contributed by atoms with Gasteiger partial charge < -0.3 is 20.4 Å². The molecule has 4 N–H and O–H groups in total. The number of benzene rings is 1. The van der Waals surface area contributed by atoms with Gasteiger partial charge in [0.1, 0.15) is 11.9 Å². The van der Waals surface area contributed by atoms with Crippen molar-refractivity contribution in [3.8, 4) is 5.75 Å². The van der Waals surface area contributed by atoms with E-state index in [1.807, 2.05) is 6.07 Å². The molecule has 0 heterocycles. The lowest BCUT2D eigenvalue weighted by atomic mass is 10.1. The van der Waals surface area contributed by atoms with Crippen molar-refractivity contribution in [2.24, 2.45) is 5.73 Å². The number of hydrogen-bond acceptors (Lipinski definition) is 5. The van der Waals surface area contributed by atoms with E-state index in [1.54, 1.807) is 18.2 Å². The van der Waals surface area contributed by atoms with Crippen LogP contribution in [0.1, 0.15) is 63.2 Å². The SMILES string of the molecule is CCC(Br)C(CC)Oc1cccc(C(N)=O)c1.CCCCCNOC(=O)O. The molecule has 2 atom stereocenters. The van der Waals surface area contributed by atoms with Gasteiger partial charge in [0.2, 0.25) is 5.91 Å². The van der Waals surface area contributed by atoms with E-state index in [0.717, 1.165) is 32.1 Å². The number of hydroxylamine groups is 1. The van der Waals surface area contributed by atoms with E-state index in [9.17, 15) is 9.59 Å². The predicted octanol–water partition coefficient (Wildman–Crippen LogP) is 4.49. The molecule has 0 saturated heterocycles. The van der Waals surface area contributed by atoms with E-state index < -0.39 is 12.1 Å². The van der Waals surface area contributed by atoms with E-state index >= 15 is 0 Å². The van der Waals surface area contributed by atoms with Crippen molar-refractivity contribution in [3.05, 3.63) is 29.8 Å². The van der Waals surface area contributed by atoms with Gasteiger partial charge >= 0.3 is 6.16 Å². The van der Waals surface area contributed by atoms with Gasteiger partial charge in [0.15, 0.2) is 0 Å². The molecule has 1 amide bonds. The standard InChI is InChI=1S/C13H18BrNO2.C6H13NO3/c1-3-11(14)12(4-2)17-10-7-5-6-9(8-10)13(15)16;1-2-3-4-5-7-10-6(8)9/h5-8,11-12H,3-4H2,1-2H3,(H2,15,16);7H,2-5H2,1H3,(H,8,9). The van der Waals surface area contributed by atoms with Gasteiger partial charge in [-0.1, -0.05) is 55.6 Å². The van der Waals surface area contributed by atoms with Crippen LogP contribution < -0.4 is 16.0 Å². The molecule has 0 spiro atoms. The van der Waals surface area contributed by atoms with E-state index in [0.29, 0.717) is 22.7 Å². The largest absolute Gasteiger partial charge is 0.525 e. The fourth-order valence-electron chi connectivity index (χ4n) is 2.13. The van der Waals surface area contributed by atoms with Gasteiger partial charge in [-0.15, -0.1) is 0 Å². The minimum absolute atomic E-state index is 0.100. The summed E-state index contributed by atoms with van der Waals surface area (Å²) in [7, 11) is 0. The molecule has 0 saturated carbocycles. The van der Waals surface area contributed by atoms with Crippen LogP contribution >= 0.6 is 15.9 Å². The highest BCUT2D eigenvalue weighted by molar-refractivity contribution is 9.09. The summed E-state index contributed by atoms with van der Waals surface area (Å²) in [5, 5.41) is 7.99. The van der Waals surface area contributed by atoms with Gasteiger partial charge in [0.25, 0.3) is 0 Å². The Bertz CT molecular complexity index is 557. The number of carbonyl (C=O) groups excluding carboxylic acids is 1. The quantitative estimate of drug-likeness (QED) is 0.262. The number of carboxylic acid groups (broad SMARTS) is 1. The molecule has 1 aromatic carbocycles. The molecule has 27 heavy (non-hydrogen) atoms. The highest BCUT2D eigenvalue weighted by Gasteiger charge is 2.17. The molecule has 2 unspecified atom stereocenters. The van der Waals surface area contributed by atoms with Crippen molar-refractivity contribution in [2.45, 2.75) is 63.8 Å². The number of amides is 1. The summed E-state index contributed by atoms with van der Waals surface area (Å²) in [5.74, 6) is 0.250. The zero-order valence-corrected chi connectivity index (χ0v) is 17.8. The molecule has 0 aliphatic rings. The third kappa shape index (κ3) is 12.3. The number of carbonyl (C=O) groups is 2. The molecular weight excluding hydrogens is 416 g/mol. The maximum absolute atomic E-state index is 11.1. The van der Waals surface area contributed by atoms with Crippen molar-refractivity contribution in [1.82, 2.24) is 5.48 Å². The van der Waals surface area contributed by atoms with Crippen molar-refractivity contribution in [3.63, 3.8) is 0 Å². The first-order valence-corrected chi connectivity index (χ1v) is 10.1. The molecule has 7 nitrogen and oxygen atoms in total. The fourth-order valence-corrected chi connectivity index (χ4v) is 2.61. The van der Waals surface area contributed by atoms with Gasteiger partial charge in [-0.2, -0.15) is 5.48 Å². The van der Waals surface area contributed by atoms with Crippen LogP contribution in [-0.4, -0.2) is 34.6 Å². The molecule has 8 heteroatoms. The highest BCUT2D eigenvalue weighted by Crippen LogP contribution is 2.21. The Morgan fingerprint density at radius 3 is 2.44 bits per heavy atom. The second-order valence-corrected chi connectivity index (χ2v) is 7.03. The fraction of sp³-hybridized carbons (Fsp3) is 0.579. The van der Waals surface area contributed by atoms with Gasteiger partial charge in [0, 0.05) is 12.1 Å². The number of alkyl halides is 1. The van der Waals surface area contributed by atoms with Crippen LogP contribution in [0.25, 0.3) is 0 Å². The van der Waals surface area contributed by atoms with Crippen LogP contribution in [0.15, 0.2) is 24.3 Å². The average molecular weight is 447 g/mol. The maximum Gasteiger partial charge on any atom is 0.525 e. The summed E-state index contributed by atoms with van der Waals surface area (Å²) in [4.78, 5) is 25.2. The van der Waals surface area contributed by atoms with Crippen molar-refractivity contribution in [2.75, 3.05) is 6.54 Å². The first-order chi connectivity index (χ1) is 12.8. The van der Waals surface area contributed by atoms with Crippen molar-refractivity contribution >= 4 is 28.0 Å². The van der Waals surface area contributed by atoms with Crippen molar-refractivity contribution in [1.29, 1.82) is 0 Å². The van der Waals surface area contributed by atoms with Crippen molar-refractivity contribution < 1.29 is 24.3 Å². The zero-order chi connectivity index (χ0) is 20.7. The number of rotatable bonds is 11. The Hall–Kier alpha value is -1.80. The first-order valence-electron chi connectivity index (χ1n) is 9.18. The maximum atomic E-state index is 11.1. The number of nitrogens with two attached hydrogens (primary N) is 1. The van der Waals surface area contributed by atoms with Gasteiger partial charge in [0.05, 0.1) is 4.83 Å². The summed E-state index contributed by atoms with van der Waals surface area (Å²) in [6.07, 6.45) is 3.88. The van der Waals surface area contributed by atoms with E-state index in [-0.39, 0.29) is 6.10 Å². The van der Waals surface area contributed by atoms with Gasteiger partial charge in [-0.05, 0) is 37.5 Å². The minimum Gasteiger partial charge on any atom is -0.489 e. The molecule has 0 aliphatic heterocycles. The summed E-state index contributed by atoms with van der Waals surface area (Å²) < 4.78 is 5.85. The number of hydrogen-bond donors (Lipinski definition) is 3. The second-order valence-electron chi connectivity index (χ2n) is 5.85. The molecule has 1 aromatic rings. The van der Waals surface area contributed by atoms with E-state index in [1.165, 1.54) is 0 Å². The lowest BCUT2D eigenvalue weighted by Crippen LogP contribution is -2.26. The first kappa shape index (κ1) is 25.2. The minimum atomic E-state index is -1.28. The van der Waals surface area contributed by atoms with E-state index in [4.69, 9.17) is 15.6 Å². The smallest absolute Gasteiger partial charge is 0.489 e. The molecule has 0 fully saturated rings. The number of halogens is 1. The number of nitrogens with one attached hydrogen (secondary N) is 1. The molecular formula is C19H31BrN2O5. The Morgan fingerprint density at radius 1 is 1.22 bits per heavy atom. The molecule has 1 rings (SSSR count). The Balaban J connectivity index is 0.000000580. The van der Waals surface area contributed by atoms with Crippen LogP contribution in [0.3, 0.4) is 0 Å². The zero-order valence-electron chi connectivity index (χ0n) is 16.2. The highest BCUT2D eigenvalue weighted by atomic mass is 79.9. The van der Waals surface area contributed by atoms with Gasteiger partial charge in [-0.3, -0.25) is 4.79 Å². The molecule has 154 valence electrons. The third-order valence-electron chi connectivity index (χ3n) is 3.64. The van der Waals surface area contributed by atoms with Crippen LogP contribution in [0.2, 0.25) is 0 Å². The number of unbranched alkanes of at least 4 members (excludes halogenated alkanes) is 2. The third-order valence-corrected chi connectivity index (χ3v) is 4.88. The van der Waals surface area contributed by atoms with E-state index in [2.05, 4.69) is 47.0 Å². The van der Waals surface area contributed by atoms with Crippen LogP contribution in [0.4, 0.5) is 4.79 Å². The predicted molar refractivity (Wildman–Crippen MR) is 109 cm³/mol. The van der Waals surface area contributed by atoms with Crippen LogP contribution in [0, 0.1) is 0 Å². The summed E-state index contributed by atoms with van der Waals surface area (Å²) in [6.45, 7) is 6.86. The number of ether oxygens (including phenoxy) is 1. The lowest BCUT2D eigenvalue weighted by molar-refractivity contribution is 0.0436. The van der Waals surface area contributed by atoms with Gasteiger partial charge in [-0.25, -0.2) is 4.79 Å². The summed E-state index contributed by atoms with van der Waals surface area (Å²) in [5.41, 5.74) is 8.02.